The molecule has 3 fully saturated rings. The summed E-state index contributed by atoms with van der Waals surface area (Å²) in [5.74, 6) is -0.0922. The maximum absolute atomic E-state index is 11.9. The van der Waals surface area contributed by atoms with Crippen LogP contribution in [0.2, 0.25) is 0 Å². The summed E-state index contributed by atoms with van der Waals surface area (Å²) in [6.07, 6.45) is 13.1. The van der Waals surface area contributed by atoms with Gasteiger partial charge in [-0.1, -0.05) is 25.7 Å². The highest BCUT2D eigenvalue weighted by Gasteiger charge is 2.32. The molecule has 3 N–H and O–H groups in total. The van der Waals surface area contributed by atoms with Crippen LogP contribution in [0.25, 0.3) is 0 Å². The Bertz CT molecular complexity index is 517. The molecule has 2 saturated carbocycles. The number of esters is 1. The van der Waals surface area contributed by atoms with E-state index in [4.69, 9.17) is 4.74 Å². The number of methoxy groups -OCH3 is 1. The monoisotopic (exact) mass is 422 g/mol. The first kappa shape index (κ1) is 24.0. The molecule has 0 radical (unpaired) electrons. The zero-order valence-corrected chi connectivity index (χ0v) is 19.6. The average molecular weight is 423 g/mol. The molecule has 3 aliphatic rings. The van der Waals surface area contributed by atoms with E-state index in [9.17, 15) is 4.79 Å². The van der Waals surface area contributed by atoms with Gasteiger partial charge in [0, 0.05) is 42.8 Å². The topological polar surface area (TPSA) is 65.6 Å². The molecule has 0 aromatic carbocycles. The van der Waals surface area contributed by atoms with Gasteiger partial charge in [0.1, 0.15) is 0 Å². The third kappa shape index (κ3) is 7.18. The minimum Gasteiger partial charge on any atom is -0.469 e. The maximum atomic E-state index is 11.9. The molecule has 0 bridgehead atoms. The highest BCUT2D eigenvalue weighted by Crippen LogP contribution is 2.26. The van der Waals surface area contributed by atoms with E-state index in [1.807, 2.05) is 0 Å². The fourth-order valence-corrected chi connectivity index (χ4v) is 5.84. The summed E-state index contributed by atoms with van der Waals surface area (Å²) in [4.78, 5) is 14.5. The number of nitrogens with zero attached hydrogens (tertiary/aromatic N) is 1. The predicted octanol–water partition coefficient (Wildman–Crippen LogP) is 2.81. The van der Waals surface area contributed by atoms with Crippen molar-refractivity contribution in [3.8, 4) is 0 Å². The van der Waals surface area contributed by atoms with Gasteiger partial charge in [0.2, 0.25) is 0 Å². The Morgan fingerprint density at radius 3 is 2.27 bits per heavy atom. The zero-order chi connectivity index (χ0) is 21.3. The van der Waals surface area contributed by atoms with Crippen LogP contribution in [0.1, 0.15) is 84.5 Å². The van der Waals surface area contributed by atoms with E-state index in [-0.39, 0.29) is 5.97 Å². The number of hydrogen-bond donors (Lipinski definition) is 3. The molecule has 174 valence electrons. The quantitative estimate of drug-likeness (QED) is 0.608. The lowest BCUT2D eigenvalue weighted by molar-refractivity contribution is -0.141. The van der Waals surface area contributed by atoms with Gasteiger partial charge >= 0.3 is 5.97 Å². The summed E-state index contributed by atoms with van der Waals surface area (Å²) >= 11 is 0. The molecule has 3 rings (SSSR count). The van der Waals surface area contributed by atoms with Gasteiger partial charge in [-0.3, -0.25) is 9.69 Å². The molecule has 6 unspecified atom stereocenters. The van der Waals surface area contributed by atoms with Crippen LogP contribution in [-0.4, -0.2) is 73.9 Å². The van der Waals surface area contributed by atoms with Crippen LogP contribution in [0.5, 0.6) is 0 Å². The second-order valence-corrected chi connectivity index (χ2v) is 9.98. The molecule has 0 amide bonds. The van der Waals surface area contributed by atoms with Gasteiger partial charge in [-0.25, -0.2) is 0 Å². The molecule has 6 heteroatoms. The lowest BCUT2D eigenvalue weighted by Crippen LogP contribution is -2.57. The summed E-state index contributed by atoms with van der Waals surface area (Å²) in [5.41, 5.74) is 0. The lowest BCUT2D eigenvalue weighted by atomic mass is 9.87. The van der Waals surface area contributed by atoms with Gasteiger partial charge in [0.05, 0.1) is 13.5 Å². The first-order valence-electron chi connectivity index (χ1n) is 12.6. The molecule has 30 heavy (non-hydrogen) atoms. The molecule has 1 heterocycles. The second kappa shape index (κ2) is 12.4. The van der Waals surface area contributed by atoms with Crippen LogP contribution in [0.3, 0.4) is 0 Å². The number of hydrogen-bond acceptors (Lipinski definition) is 6. The Morgan fingerprint density at radius 1 is 0.867 bits per heavy atom. The van der Waals surface area contributed by atoms with Crippen molar-refractivity contribution in [1.82, 2.24) is 20.9 Å². The van der Waals surface area contributed by atoms with E-state index in [1.54, 1.807) is 0 Å². The third-order valence-electron chi connectivity index (χ3n) is 7.63. The van der Waals surface area contributed by atoms with E-state index in [0.717, 1.165) is 26.1 Å². The van der Waals surface area contributed by atoms with Gasteiger partial charge < -0.3 is 20.7 Å². The number of nitrogens with one attached hydrogen (secondary N) is 3. The zero-order valence-electron chi connectivity index (χ0n) is 19.6. The maximum Gasteiger partial charge on any atom is 0.306 e. The summed E-state index contributed by atoms with van der Waals surface area (Å²) in [6.45, 7) is 7.64. The summed E-state index contributed by atoms with van der Waals surface area (Å²) < 4.78 is 4.94. The van der Waals surface area contributed by atoms with Gasteiger partial charge in [0.25, 0.3) is 0 Å². The van der Waals surface area contributed by atoms with Crippen LogP contribution < -0.4 is 16.0 Å². The first-order chi connectivity index (χ1) is 14.6. The Labute approximate surface area is 184 Å². The van der Waals surface area contributed by atoms with E-state index in [1.165, 1.54) is 64.9 Å². The van der Waals surface area contributed by atoms with Gasteiger partial charge in [-0.2, -0.15) is 0 Å². The Morgan fingerprint density at radius 2 is 1.50 bits per heavy atom. The number of carbonyl (C=O) groups is 1. The predicted molar refractivity (Wildman–Crippen MR) is 123 cm³/mol. The summed E-state index contributed by atoms with van der Waals surface area (Å²) in [6, 6.07) is 3.26. The van der Waals surface area contributed by atoms with Crippen molar-refractivity contribution in [3.63, 3.8) is 0 Å². The van der Waals surface area contributed by atoms with E-state index in [0.29, 0.717) is 42.7 Å². The fourth-order valence-electron chi connectivity index (χ4n) is 5.84. The van der Waals surface area contributed by atoms with Crippen molar-refractivity contribution in [2.45, 2.75) is 121 Å². The third-order valence-corrected chi connectivity index (χ3v) is 7.63. The van der Waals surface area contributed by atoms with Crippen molar-refractivity contribution in [2.24, 2.45) is 0 Å². The number of ether oxygens (including phenoxy) is 1. The van der Waals surface area contributed by atoms with E-state index >= 15 is 0 Å². The van der Waals surface area contributed by atoms with Crippen LogP contribution in [0, 0.1) is 0 Å². The van der Waals surface area contributed by atoms with Crippen LogP contribution in [-0.2, 0) is 9.53 Å². The van der Waals surface area contributed by atoms with Crippen LogP contribution in [0.15, 0.2) is 0 Å². The smallest absolute Gasteiger partial charge is 0.306 e. The minimum absolute atomic E-state index is 0.0922. The lowest BCUT2D eigenvalue weighted by Gasteiger charge is -2.43. The Kier molecular flexibility index (Phi) is 9.88. The number of rotatable bonds is 3. The molecule has 6 atom stereocenters. The largest absolute Gasteiger partial charge is 0.469 e. The summed E-state index contributed by atoms with van der Waals surface area (Å²) in [7, 11) is 1.50. The molecular weight excluding hydrogens is 376 g/mol. The van der Waals surface area contributed by atoms with Gasteiger partial charge in [-0.05, 0) is 65.5 Å². The first-order valence-corrected chi connectivity index (χ1v) is 12.6. The minimum atomic E-state index is -0.0922. The fraction of sp³-hybridized carbons (Fsp3) is 0.958. The molecule has 1 saturated heterocycles. The highest BCUT2D eigenvalue weighted by atomic mass is 16.5. The highest BCUT2D eigenvalue weighted by molar-refractivity contribution is 5.69. The summed E-state index contributed by atoms with van der Waals surface area (Å²) in [5, 5.41) is 11.8. The SMILES string of the molecule is COC(=O)CCN1CCC(C)NC2CCCCC2NCCC(C)NC2CCCCC21. The second-order valence-electron chi connectivity index (χ2n) is 9.98. The molecule has 0 aromatic rings. The van der Waals surface area contributed by atoms with E-state index in [2.05, 4.69) is 34.7 Å². The normalized spacial score (nSPS) is 37.4. The molecular formula is C24H46N4O2. The van der Waals surface area contributed by atoms with Crippen LogP contribution in [0.4, 0.5) is 0 Å². The standard InChI is InChI=1S/C24H46N4O2/c1-18-12-15-25-20-8-4-5-9-21(20)26-19(2)13-16-28(17-14-24(29)30-3)23-11-7-6-10-22(23)27-18/h18-23,25-27H,4-17H2,1-3H3. The molecule has 0 aromatic heterocycles. The number of fused-ring (bicyclic) bond motifs is 2. The number of carbonyl (C=O) groups excluding carboxylic acids is 1. The Hall–Kier alpha value is -0.690. The Balaban J connectivity index is 1.71. The van der Waals surface area contributed by atoms with E-state index < -0.39 is 0 Å². The molecule has 0 spiro atoms. The van der Waals surface area contributed by atoms with Crippen molar-refractivity contribution in [2.75, 3.05) is 26.7 Å². The molecule has 6 nitrogen and oxygen atoms in total. The van der Waals surface area contributed by atoms with Crippen LogP contribution >= 0.6 is 0 Å². The van der Waals surface area contributed by atoms with Crippen molar-refractivity contribution in [3.05, 3.63) is 0 Å². The molecule has 2 aliphatic carbocycles. The average Bonchev–Trinajstić information content (AvgIpc) is 2.75. The van der Waals surface area contributed by atoms with Crippen molar-refractivity contribution in [1.29, 1.82) is 0 Å². The van der Waals surface area contributed by atoms with Crippen molar-refractivity contribution < 1.29 is 9.53 Å². The van der Waals surface area contributed by atoms with Crippen molar-refractivity contribution >= 4 is 5.97 Å². The molecule has 1 aliphatic heterocycles. The van der Waals surface area contributed by atoms with Gasteiger partial charge in [0.15, 0.2) is 0 Å². The van der Waals surface area contributed by atoms with Gasteiger partial charge in [-0.15, -0.1) is 0 Å².